The number of alkyl halides is 3. The predicted molar refractivity (Wildman–Crippen MR) is 136 cm³/mol. The fourth-order valence-electron chi connectivity index (χ4n) is 4.76. The highest BCUT2D eigenvalue weighted by Gasteiger charge is 2.34. The highest BCUT2D eigenvalue weighted by molar-refractivity contribution is 5.84. The van der Waals surface area contributed by atoms with Crippen molar-refractivity contribution in [3.63, 3.8) is 0 Å². The van der Waals surface area contributed by atoms with Gasteiger partial charge in [-0.3, -0.25) is 9.58 Å². The summed E-state index contributed by atoms with van der Waals surface area (Å²) in [4.78, 5) is 10.6. The van der Waals surface area contributed by atoms with Crippen molar-refractivity contribution < 1.29 is 17.9 Å². The molecule has 0 atom stereocenters. The maximum Gasteiger partial charge on any atom is 0.419 e. The topological polar surface area (TPSA) is 99.4 Å². The Morgan fingerprint density at radius 2 is 1.76 bits per heavy atom. The normalized spacial score (nSPS) is 15.0. The van der Waals surface area contributed by atoms with E-state index >= 15 is 0 Å². The number of nitrogens with two attached hydrogens (primary N) is 1. The summed E-state index contributed by atoms with van der Waals surface area (Å²) in [6.07, 6.45) is 1.21. The molecule has 0 spiro atoms. The van der Waals surface area contributed by atoms with E-state index in [0.717, 1.165) is 68.3 Å². The van der Waals surface area contributed by atoms with Crippen LogP contribution < -0.4 is 5.73 Å². The Labute approximate surface area is 215 Å². The van der Waals surface area contributed by atoms with E-state index in [4.69, 9.17) is 10.5 Å². The molecule has 0 aliphatic carbocycles. The second kappa shape index (κ2) is 9.69. The first-order chi connectivity index (χ1) is 18.4. The van der Waals surface area contributed by atoms with Gasteiger partial charge in [-0.05, 0) is 36.8 Å². The average Bonchev–Trinajstić information content (AvgIpc) is 3.52. The SMILES string of the molecule is Nc1ncc(-c2ccc3ncc(-c4ccc5c(cnn5CCCN5CCOCC5)c4)n3n2)cc1C(F)(F)F. The Morgan fingerprint density at radius 3 is 2.58 bits per heavy atom. The number of pyridine rings is 1. The van der Waals surface area contributed by atoms with Crippen LogP contribution in [0.1, 0.15) is 12.0 Å². The summed E-state index contributed by atoms with van der Waals surface area (Å²) >= 11 is 0. The van der Waals surface area contributed by atoms with E-state index in [1.165, 1.54) is 6.20 Å². The Kier molecular flexibility index (Phi) is 6.20. The zero-order valence-electron chi connectivity index (χ0n) is 20.4. The lowest BCUT2D eigenvalue weighted by molar-refractivity contribution is -0.137. The lowest BCUT2D eigenvalue weighted by Gasteiger charge is -2.26. The number of aromatic nitrogens is 6. The maximum atomic E-state index is 13.3. The highest BCUT2D eigenvalue weighted by atomic mass is 19.4. The maximum absolute atomic E-state index is 13.3. The number of hydrogen-bond acceptors (Lipinski definition) is 7. The lowest BCUT2D eigenvalue weighted by Crippen LogP contribution is -2.37. The van der Waals surface area contributed by atoms with E-state index in [-0.39, 0.29) is 5.56 Å². The Morgan fingerprint density at radius 1 is 0.921 bits per heavy atom. The van der Waals surface area contributed by atoms with Gasteiger partial charge < -0.3 is 10.5 Å². The molecule has 1 saturated heterocycles. The summed E-state index contributed by atoms with van der Waals surface area (Å²) in [5.41, 5.74) is 8.18. The third-order valence-electron chi connectivity index (χ3n) is 6.77. The summed E-state index contributed by atoms with van der Waals surface area (Å²) in [6.45, 7) is 5.34. The number of nitrogens with zero attached hydrogens (tertiary/aromatic N) is 7. The van der Waals surface area contributed by atoms with E-state index < -0.39 is 17.6 Å². The first-order valence-corrected chi connectivity index (χ1v) is 12.3. The molecule has 9 nitrogen and oxygen atoms in total. The van der Waals surface area contributed by atoms with Gasteiger partial charge in [0.25, 0.3) is 0 Å². The number of anilines is 1. The average molecular weight is 523 g/mol. The van der Waals surface area contributed by atoms with E-state index in [1.807, 2.05) is 29.1 Å². The molecule has 12 heteroatoms. The van der Waals surface area contributed by atoms with Crippen molar-refractivity contribution in [2.24, 2.45) is 0 Å². The van der Waals surface area contributed by atoms with Crippen molar-refractivity contribution in [3.8, 4) is 22.5 Å². The van der Waals surface area contributed by atoms with Crippen molar-refractivity contribution in [3.05, 3.63) is 60.6 Å². The molecule has 1 aliphatic rings. The van der Waals surface area contributed by atoms with Crippen molar-refractivity contribution in [1.82, 2.24) is 34.3 Å². The van der Waals surface area contributed by atoms with Crippen LogP contribution in [0.5, 0.6) is 0 Å². The van der Waals surface area contributed by atoms with Gasteiger partial charge in [-0.1, -0.05) is 6.07 Å². The summed E-state index contributed by atoms with van der Waals surface area (Å²) < 4.78 is 49.1. The van der Waals surface area contributed by atoms with Crippen LogP contribution in [0.3, 0.4) is 0 Å². The molecule has 2 N–H and O–H groups in total. The molecule has 1 aromatic carbocycles. The molecule has 0 unspecified atom stereocenters. The van der Waals surface area contributed by atoms with E-state index in [9.17, 15) is 13.2 Å². The standard InChI is InChI=1S/C26H25F3N8O/c27-26(28,29)20-13-18(14-32-25(20)30)21-3-5-24-31-16-23(37(24)34-21)17-2-4-22-19(12-17)15-33-36(22)7-1-6-35-8-10-38-11-9-35/h2-5,12-16H,1,6-11H2,(H2,30,32). The quantitative estimate of drug-likeness (QED) is 0.358. The van der Waals surface area contributed by atoms with Crippen molar-refractivity contribution in [2.45, 2.75) is 19.1 Å². The molecule has 5 heterocycles. The Balaban J connectivity index is 1.27. The molecular weight excluding hydrogens is 497 g/mol. The van der Waals surface area contributed by atoms with Crippen LogP contribution in [-0.4, -0.2) is 67.1 Å². The summed E-state index contributed by atoms with van der Waals surface area (Å²) in [7, 11) is 0. The summed E-state index contributed by atoms with van der Waals surface area (Å²) in [6, 6.07) is 10.3. The van der Waals surface area contributed by atoms with Gasteiger partial charge in [0.15, 0.2) is 5.65 Å². The number of ether oxygens (including phenoxy) is 1. The number of halogens is 3. The number of aryl methyl sites for hydroxylation is 1. The molecule has 38 heavy (non-hydrogen) atoms. The zero-order chi connectivity index (χ0) is 26.3. The second-order valence-electron chi connectivity index (χ2n) is 9.24. The molecule has 0 radical (unpaired) electrons. The minimum absolute atomic E-state index is 0.210. The molecule has 0 amide bonds. The Bertz CT molecular complexity index is 1600. The van der Waals surface area contributed by atoms with Crippen molar-refractivity contribution >= 4 is 22.4 Å². The van der Waals surface area contributed by atoms with E-state index in [0.29, 0.717) is 17.0 Å². The Hall–Kier alpha value is -4.03. The van der Waals surface area contributed by atoms with Crippen LogP contribution in [0, 0.1) is 0 Å². The van der Waals surface area contributed by atoms with E-state index in [2.05, 4.69) is 25.1 Å². The van der Waals surface area contributed by atoms with Gasteiger partial charge in [0.1, 0.15) is 5.82 Å². The molecule has 5 aromatic rings. The van der Waals surface area contributed by atoms with Crippen LogP contribution in [0.2, 0.25) is 0 Å². The molecule has 1 aliphatic heterocycles. The van der Waals surface area contributed by atoms with Gasteiger partial charge in [-0.2, -0.15) is 23.4 Å². The van der Waals surface area contributed by atoms with Gasteiger partial charge >= 0.3 is 6.18 Å². The van der Waals surface area contributed by atoms with Crippen molar-refractivity contribution in [2.75, 3.05) is 38.6 Å². The number of fused-ring (bicyclic) bond motifs is 2. The summed E-state index contributed by atoms with van der Waals surface area (Å²) in [5, 5.41) is 10.1. The minimum atomic E-state index is -4.61. The molecule has 4 aromatic heterocycles. The van der Waals surface area contributed by atoms with Crippen LogP contribution in [0.4, 0.5) is 19.0 Å². The molecule has 1 fully saturated rings. The van der Waals surface area contributed by atoms with Gasteiger partial charge in [0.2, 0.25) is 0 Å². The zero-order valence-corrected chi connectivity index (χ0v) is 20.4. The van der Waals surface area contributed by atoms with Crippen LogP contribution in [0.25, 0.3) is 39.1 Å². The first-order valence-electron chi connectivity index (χ1n) is 12.3. The third kappa shape index (κ3) is 4.68. The number of benzene rings is 1. The molecule has 0 bridgehead atoms. The molecule has 0 saturated carbocycles. The number of nitrogen functional groups attached to an aromatic ring is 1. The summed E-state index contributed by atoms with van der Waals surface area (Å²) in [5.74, 6) is -0.569. The van der Waals surface area contributed by atoms with Crippen LogP contribution >= 0.6 is 0 Å². The molecule has 6 rings (SSSR count). The number of morpholine rings is 1. The lowest BCUT2D eigenvalue weighted by atomic mass is 10.1. The smallest absolute Gasteiger partial charge is 0.383 e. The number of imidazole rings is 1. The fraction of sp³-hybridized carbons (Fsp3) is 0.308. The van der Waals surface area contributed by atoms with Gasteiger partial charge in [0.05, 0.1) is 48.1 Å². The molecule has 196 valence electrons. The van der Waals surface area contributed by atoms with Crippen LogP contribution in [0.15, 0.2) is 55.0 Å². The minimum Gasteiger partial charge on any atom is -0.383 e. The van der Waals surface area contributed by atoms with Gasteiger partial charge in [-0.15, -0.1) is 0 Å². The third-order valence-corrected chi connectivity index (χ3v) is 6.77. The fourth-order valence-corrected chi connectivity index (χ4v) is 4.76. The van der Waals surface area contributed by atoms with Crippen molar-refractivity contribution in [1.29, 1.82) is 0 Å². The highest BCUT2D eigenvalue weighted by Crippen LogP contribution is 2.35. The largest absolute Gasteiger partial charge is 0.419 e. The molecular formula is C26H25F3N8O. The number of hydrogen-bond donors (Lipinski definition) is 1. The van der Waals surface area contributed by atoms with Gasteiger partial charge in [-0.25, -0.2) is 14.5 Å². The van der Waals surface area contributed by atoms with Crippen LogP contribution in [-0.2, 0) is 17.5 Å². The number of rotatable bonds is 6. The second-order valence-corrected chi connectivity index (χ2v) is 9.24. The first kappa shape index (κ1) is 24.3. The monoisotopic (exact) mass is 522 g/mol. The predicted octanol–water partition coefficient (Wildman–Crippen LogP) is 4.13. The van der Waals surface area contributed by atoms with Gasteiger partial charge in [0, 0.05) is 48.9 Å². The van der Waals surface area contributed by atoms with E-state index in [1.54, 1.807) is 22.8 Å².